The summed E-state index contributed by atoms with van der Waals surface area (Å²) in [7, 11) is 4.23. The molecule has 0 aliphatic heterocycles. The number of nitrogens with zero attached hydrogens (tertiary/aromatic N) is 1. The Morgan fingerprint density at radius 1 is 1.12 bits per heavy atom. The van der Waals surface area contributed by atoms with E-state index in [-0.39, 0.29) is 17.0 Å². The van der Waals surface area contributed by atoms with E-state index in [1.165, 1.54) is 0 Å². The molecule has 0 rings (SSSR count). The highest BCUT2D eigenvalue weighted by atomic mass is 15.2. The first kappa shape index (κ1) is 16.5. The third kappa shape index (κ3) is 4.69. The molecule has 0 amide bonds. The first-order valence-corrected chi connectivity index (χ1v) is 6.62. The second-order valence-electron chi connectivity index (χ2n) is 6.07. The van der Waals surface area contributed by atoms with Crippen LogP contribution in [0.5, 0.6) is 0 Å². The van der Waals surface area contributed by atoms with Crippen LogP contribution < -0.4 is 5.73 Å². The maximum absolute atomic E-state index is 6.36. The zero-order chi connectivity index (χ0) is 13.7. The van der Waals surface area contributed by atoms with Gasteiger partial charge in [-0.25, -0.2) is 0 Å². The molecule has 2 nitrogen and oxygen atoms in total. The molecule has 2 N–H and O–H groups in total. The number of rotatable bonds is 5. The summed E-state index contributed by atoms with van der Waals surface area (Å²) >= 11 is 0. The maximum Gasteiger partial charge on any atom is 0.0358 e. The predicted octanol–water partition coefficient (Wildman–Crippen LogP) is 2.87. The van der Waals surface area contributed by atoms with Crippen molar-refractivity contribution in [1.82, 2.24) is 4.90 Å². The van der Waals surface area contributed by atoms with Gasteiger partial charge < -0.3 is 10.6 Å². The zero-order valence-electron chi connectivity index (χ0n) is 12.7. The van der Waals surface area contributed by atoms with Crippen LogP contribution in [0.1, 0.15) is 53.9 Å². The van der Waals surface area contributed by atoms with Crippen LogP contribution >= 0.6 is 0 Å². The van der Waals surface area contributed by atoms with E-state index in [1.54, 1.807) is 0 Å². The van der Waals surface area contributed by atoms with Crippen LogP contribution in [0.3, 0.4) is 0 Å². The minimum atomic E-state index is 0.0684. The van der Waals surface area contributed by atoms with Crippen LogP contribution in [0.2, 0.25) is 0 Å². The molecule has 0 aromatic carbocycles. The summed E-state index contributed by atoms with van der Waals surface area (Å²) in [5.41, 5.74) is 6.50. The van der Waals surface area contributed by atoms with Gasteiger partial charge in [0.1, 0.15) is 0 Å². The van der Waals surface area contributed by atoms with Crippen LogP contribution in [0.4, 0.5) is 0 Å². The van der Waals surface area contributed by atoms with Gasteiger partial charge in [0.25, 0.3) is 0 Å². The normalized spacial score (nSPS) is 14.4. The fraction of sp³-hybridized carbons (Fsp3) is 0.867. The summed E-state index contributed by atoms with van der Waals surface area (Å²) in [5.74, 6) is 6.52. The number of likely N-dealkylation sites (N-methyl/N-ethyl adjacent to an activating group) is 1. The fourth-order valence-electron chi connectivity index (χ4n) is 2.35. The highest BCUT2D eigenvalue weighted by Crippen LogP contribution is 2.26. The van der Waals surface area contributed by atoms with E-state index < -0.39 is 0 Å². The van der Waals surface area contributed by atoms with E-state index in [1.807, 2.05) is 0 Å². The first-order valence-electron chi connectivity index (χ1n) is 6.62. The highest BCUT2D eigenvalue weighted by Gasteiger charge is 2.34. The smallest absolute Gasteiger partial charge is 0.0358 e. The first-order chi connectivity index (χ1) is 7.69. The van der Waals surface area contributed by atoms with Gasteiger partial charge in [-0.15, -0.1) is 5.92 Å². The second kappa shape index (κ2) is 6.42. The Kier molecular flexibility index (Phi) is 6.23. The minimum Gasteiger partial charge on any atom is -0.325 e. The highest BCUT2D eigenvalue weighted by molar-refractivity contribution is 5.11. The third-order valence-corrected chi connectivity index (χ3v) is 3.59. The van der Waals surface area contributed by atoms with Crippen LogP contribution in [0.15, 0.2) is 0 Å². The molecule has 1 unspecified atom stereocenters. The molecular formula is C15H30N2. The second-order valence-corrected chi connectivity index (χ2v) is 6.07. The van der Waals surface area contributed by atoms with E-state index in [0.717, 1.165) is 19.3 Å². The zero-order valence-corrected chi connectivity index (χ0v) is 12.7. The van der Waals surface area contributed by atoms with E-state index in [0.29, 0.717) is 0 Å². The van der Waals surface area contributed by atoms with Crippen molar-refractivity contribution < 1.29 is 0 Å². The standard InChI is InChI=1S/C15H30N2/c1-8-15(9-2,17(6)7)13(16)11-10-12-14(3,4)5/h13H,8-9,11,16H2,1-7H3. The summed E-state index contributed by atoms with van der Waals surface area (Å²) in [6.07, 6.45) is 2.90. The molecule has 0 aliphatic carbocycles. The molecule has 0 aromatic heterocycles. The fourth-order valence-corrected chi connectivity index (χ4v) is 2.35. The Morgan fingerprint density at radius 2 is 1.59 bits per heavy atom. The molecule has 2 heteroatoms. The van der Waals surface area contributed by atoms with Gasteiger partial charge in [-0.1, -0.05) is 19.8 Å². The Bertz CT molecular complexity index is 272. The number of hydrogen-bond donors (Lipinski definition) is 1. The lowest BCUT2D eigenvalue weighted by Gasteiger charge is -2.43. The van der Waals surface area contributed by atoms with Gasteiger partial charge in [0.15, 0.2) is 0 Å². The molecule has 100 valence electrons. The average molecular weight is 238 g/mol. The van der Waals surface area contributed by atoms with E-state index in [2.05, 4.69) is 65.5 Å². The molecule has 0 aromatic rings. The van der Waals surface area contributed by atoms with Crippen LogP contribution in [0.25, 0.3) is 0 Å². The van der Waals surface area contributed by atoms with Crippen molar-refractivity contribution in [2.24, 2.45) is 11.1 Å². The van der Waals surface area contributed by atoms with E-state index in [4.69, 9.17) is 5.73 Å². The Balaban J connectivity index is 4.75. The molecule has 0 heterocycles. The molecule has 0 radical (unpaired) electrons. The summed E-state index contributed by atoms with van der Waals surface area (Å²) < 4.78 is 0. The molecule has 0 saturated carbocycles. The topological polar surface area (TPSA) is 29.3 Å². The summed E-state index contributed by atoms with van der Waals surface area (Å²) in [6, 6.07) is 0.113. The van der Waals surface area contributed by atoms with Crippen LogP contribution in [-0.4, -0.2) is 30.6 Å². The van der Waals surface area contributed by atoms with E-state index >= 15 is 0 Å². The molecular weight excluding hydrogens is 208 g/mol. The molecule has 0 aliphatic rings. The molecule has 0 spiro atoms. The van der Waals surface area contributed by atoms with Gasteiger partial charge >= 0.3 is 0 Å². The van der Waals surface area contributed by atoms with Gasteiger partial charge in [-0.3, -0.25) is 0 Å². The maximum atomic E-state index is 6.36. The molecule has 17 heavy (non-hydrogen) atoms. The Morgan fingerprint density at radius 3 is 1.88 bits per heavy atom. The van der Waals surface area contributed by atoms with Crippen molar-refractivity contribution in [1.29, 1.82) is 0 Å². The summed E-state index contributed by atoms with van der Waals surface area (Å²) in [4.78, 5) is 2.26. The molecule has 0 bridgehead atoms. The number of nitrogens with two attached hydrogens (primary N) is 1. The third-order valence-electron chi connectivity index (χ3n) is 3.59. The van der Waals surface area contributed by atoms with Crippen molar-refractivity contribution in [3.05, 3.63) is 0 Å². The minimum absolute atomic E-state index is 0.0684. The van der Waals surface area contributed by atoms with Gasteiger partial charge in [0.05, 0.1) is 0 Å². The average Bonchev–Trinajstić information content (AvgIpc) is 2.17. The van der Waals surface area contributed by atoms with Crippen LogP contribution in [0, 0.1) is 17.3 Å². The lowest BCUT2D eigenvalue weighted by molar-refractivity contribution is 0.107. The summed E-state index contributed by atoms with van der Waals surface area (Å²) in [5, 5.41) is 0. The van der Waals surface area contributed by atoms with Gasteiger partial charge in [0.2, 0.25) is 0 Å². The Hall–Kier alpha value is -0.520. The molecule has 0 fully saturated rings. The summed E-state index contributed by atoms with van der Waals surface area (Å²) in [6.45, 7) is 10.8. The molecule has 0 saturated heterocycles. The van der Waals surface area contributed by atoms with E-state index in [9.17, 15) is 0 Å². The van der Waals surface area contributed by atoms with Gasteiger partial charge in [0, 0.05) is 23.4 Å². The number of hydrogen-bond acceptors (Lipinski definition) is 2. The van der Waals surface area contributed by atoms with Crippen molar-refractivity contribution in [3.8, 4) is 11.8 Å². The monoisotopic (exact) mass is 238 g/mol. The lowest BCUT2D eigenvalue weighted by Crippen LogP contribution is -2.56. The molecule has 1 atom stereocenters. The Labute approximate surface area is 108 Å². The van der Waals surface area contributed by atoms with Crippen molar-refractivity contribution >= 4 is 0 Å². The van der Waals surface area contributed by atoms with Crippen molar-refractivity contribution in [2.75, 3.05) is 14.1 Å². The van der Waals surface area contributed by atoms with Gasteiger partial charge in [-0.2, -0.15) is 0 Å². The lowest BCUT2D eigenvalue weighted by atomic mass is 9.82. The SMILES string of the molecule is CCC(CC)(C(N)CC#CC(C)(C)C)N(C)C. The largest absolute Gasteiger partial charge is 0.325 e. The van der Waals surface area contributed by atoms with Crippen molar-refractivity contribution in [3.63, 3.8) is 0 Å². The predicted molar refractivity (Wildman–Crippen MR) is 76.8 cm³/mol. The van der Waals surface area contributed by atoms with Crippen molar-refractivity contribution in [2.45, 2.75) is 65.5 Å². The quantitative estimate of drug-likeness (QED) is 0.746. The van der Waals surface area contributed by atoms with Crippen LogP contribution in [-0.2, 0) is 0 Å². The van der Waals surface area contributed by atoms with Gasteiger partial charge in [-0.05, 0) is 47.7 Å².